The van der Waals surface area contributed by atoms with Gasteiger partial charge in [-0.2, -0.15) is 5.26 Å². The van der Waals surface area contributed by atoms with Crippen LogP contribution in [0.25, 0.3) is 6.08 Å². The molecule has 6 heteroatoms. The molecule has 146 valence electrons. The van der Waals surface area contributed by atoms with E-state index in [0.29, 0.717) is 28.9 Å². The molecule has 1 N–H and O–H groups in total. The van der Waals surface area contributed by atoms with Crippen LogP contribution < -0.4 is 10.1 Å². The molecule has 0 spiro atoms. The van der Waals surface area contributed by atoms with Gasteiger partial charge in [-0.25, -0.2) is 0 Å². The van der Waals surface area contributed by atoms with E-state index >= 15 is 0 Å². The average molecular weight is 404 g/mol. The third-order valence-electron chi connectivity index (χ3n) is 3.90. The predicted octanol–water partition coefficient (Wildman–Crippen LogP) is 5.68. The van der Waals surface area contributed by atoms with E-state index < -0.39 is 5.91 Å². The number of aryl methyl sites for hydroxylation is 1. The number of anilines is 1. The third kappa shape index (κ3) is 5.77. The van der Waals surface area contributed by atoms with Gasteiger partial charge in [-0.05, 0) is 50.2 Å². The molecule has 1 amide bonds. The number of hydrogen-bond donors (Lipinski definition) is 1. The summed E-state index contributed by atoms with van der Waals surface area (Å²) < 4.78 is 11.2. The number of benzene rings is 2. The van der Waals surface area contributed by atoms with E-state index in [4.69, 9.17) is 9.15 Å². The average Bonchev–Trinajstić information content (AvgIpc) is 3.15. The van der Waals surface area contributed by atoms with Gasteiger partial charge in [-0.15, -0.1) is 0 Å². The number of carbonyl (C=O) groups is 1. The molecule has 0 radical (unpaired) electrons. The van der Waals surface area contributed by atoms with Gasteiger partial charge in [-0.3, -0.25) is 4.79 Å². The number of nitriles is 1. The highest BCUT2D eigenvalue weighted by Gasteiger charge is 2.12. The Labute approximate surface area is 174 Å². The first-order chi connectivity index (χ1) is 14.1. The molecule has 0 saturated heterocycles. The van der Waals surface area contributed by atoms with Crippen molar-refractivity contribution >= 4 is 29.4 Å². The summed E-state index contributed by atoms with van der Waals surface area (Å²) in [5, 5.41) is 12.8. The van der Waals surface area contributed by atoms with Crippen molar-refractivity contribution in [3.63, 3.8) is 0 Å². The molecule has 0 unspecified atom stereocenters. The van der Waals surface area contributed by atoms with Gasteiger partial charge in [0.2, 0.25) is 0 Å². The lowest BCUT2D eigenvalue weighted by molar-refractivity contribution is -0.112. The van der Waals surface area contributed by atoms with Crippen molar-refractivity contribution in [1.82, 2.24) is 0 Å². The standard InChI is InChI=1S/C23H20N2O3S/c1-3-27-19-6-4-5-18(14-19)25-23(26)17(15-24)13-20-9-12-22(28-20)29-21-10-7-16(2)8-11-21/h4-14H,3H2,1-2H3,(H,25,26)/b17-13-. The molecule has 0 saturated carbocycles. The van der Waals surface area contributed by atoms with Crippen LogP contribution in [0.4, 0.5) is 5.69 Å². The van der Waals surface area contributed by atoms with E-state index in [9.17, 15) is 10.1 Å². The number of nitrogens with one attached hydrogen (secondary N) is 1. The Hall–Kier alpha value is -3.43. The Morgan fingerprint density at radius 1 is 1.21 bits per heavy atom. The number of rotatable bonds is 7. The van der Waals surface area contributed by atoms with Gasteiger partial charge in [0.05, 0.1) is 6.61 Å². The second kappa shape index (κ2) is 9.67. The number of amides is 1. The van der Waals surface area contributed by atoms with Gasteiger partial charge in [0.15, 0.2) is 5.09 Å². The summed E-state index contributed by atoms with van der Waals surface area (Å²) >= 11 is 1.48. The van der Waals surface area contributed by atoms with Gasteiger partial charge in [0, 0.05) is 22.7 Å². The number of furan rings is 1. The van der Waals surface area contributed by atoms with Gasteiger partial charge < -0.3 is 14.5 Å². The molecule has 0 aliphatic rings. The molecule has 5 nitrogen and oxygen atoms in total. The van der Waals surface area contributed by atoms with Crippen LogP contribution in [0, 0.1) is 18.3 Å². The highest BCUT2D eigenvalue weighted by molar-refractivity contribution is 7.99. The minimum absolute atomic E-state index is 0.0481. The maximum absolute atomic E-state index is 12.5. The minimum Gasteiger partial charge on any atom is -0.494 e. The summed E-state index contributed by atoms with van der Waals surface area (Å²) in [5.41, 5.74) is 1.69. The van der Waals surface area contributed by atoms with Crippen molar-refractivity contribution in [1.29, 1.82) is 5.26 Å². The van der Waals surface area contributed by atoms with E-state index in [1.807, 2.05) is 50.2 Å². The van der Waals surface area contributed by atoms with Crippen molar-refractivity contribution in [3.8, 4) is 11.8 Å². The van der Waals surface area contributed by atoms with Crippen LogP contribution in [0.3, 0.4) is 0 Å². The first-order valence-corrected chi connectivity index (χ1v) is 9.89. The van der Waals surface area contributed by atoms with E-state index in [1.54, 1.807) is 30.3 Å². The summed E-state index contributed by atoms with van der Waals surface area (Å²) in [7, 11) is 0. The number of nitrogens with zero attached hydrogens (tertiary/aromatic N) is 1. The zero-order valence-electron chi connectivity index (χ0n) is 16.1. The van der Waals surface area contributed by atoms with Crippen molar-refractivity contribution in [3.05, 3.63) is 77.6 Å². The molecule has 1 heterocycles. The first-order valence-electron chi connectivity index (χ1n) is 9.07. The van der Waals surface area contributed by atoms with E-state index in [2.05, 4.69) is 5.32 Å². The lowest BCUT2D eigenvalue weighted by atomic mass is 10.2. The Balaban J connectivity index is 1.70. The number of carbonyl (C=O) groups excluding carboxylic acids is 1. The van der Waals surface area contributed by atoms with Crippen molar-refractivity contribution < 1.29 is 13.9 Å². The van der Waals surface area contributed by atoms with Gasteiger partial charge >= 0.3 is 0 Å². The molecule has 0 fully saturated rings. The molecule has 2 aromatic carbocycles. The maximum Gasteiger partial charge on any atom is 0.266 e. The Bertz CT molecular complexity index is 1060. The van der Waals surface area contributed by atoms with E-state index in [1.165, 1.54) is 23.4 Å². The second-order valence-corrected chi connectivity index (χ2v) is 7.23. The van der Waals surface area contributed by atoms with E-state index in [-0.39, 0.29) is 5.57 Å². The molecule has 0 aliphatic carbocycles. The van der Waals surface area contributed by atoms with Crippen LogP contribution in [-0.2, 0) is 4.79 Å². The zero-order valence-corrected chi connectivity index (χ0v) is 17.0. The molecule has 0 atom stereocenters. The quantitative estimate of drug-likeness (QED) is 0.405. The SMILES string of the molecule is CCOc1cccc(NC(=O)/C(C#N)=C\c2ccc(Sc3ccc(C)cc3)o2)c1. The lowest BCUT2D eigenvalue weighted by Crippen LogP contribution is -2.13. The normalized spacial score (nSPS) is 11.0. The summed E-state index contributed by atoms with van der Waals surface area (Å²) in [5.74, 6) is 0.580. The third-order valence-corrected chi connectivity index (χ3v) is 4.82. The monoisotopic (exact) mass is 404 g/mol. The summed E-state index contributed by atoms with van der Waals surface area (Å²) in [4.78, 5) is 13.5. The van der Waals surface area contributed by atoms with Crippen molar-refractivity contribution in [2.24, 2.45) is 0 Å². The van der Waals surface area contributed by atoms with Gasteiger partial charge in [0.1, 0.15) is 23.2 Å². The predicted molar refractivity (Wildman–Crippen MR) is 114 cm³/mol. The van der Waals surface area contributed by atoms with Crippen LogP contribution in [0.2, 0.25) is 0 Å². The minimum atomic E-state index is -0.509. The van der Waals surface area contributed by atoms with Crippen LogP contribution in [0.15, 0.2) is 80.6 Å². The summed E-state index contributed by atoms with van der Waals surface area (Å²) in [6.45, 7) is 4.45. The molecule has 0 bridgehead atoms. The van der Waals surface area contributed by atoms with E-state index in [0.717, 1.165) is 4.90 Å². The van der Waals surface area contributed by atoms with Crippen molar-refractivity contribution in [2.45, 2.75) is 23.8 Å². The largest absolute Gasteiger partial charge is 0.494 e. The van der Waals surface area contributed by atoms with Crippen LogP contribution >= 0.6 is 11.8 Å². The lowest BCUT2D eigenvalue weighted by Gasteiger charge is -2.07. The fourth-order valence-electron chi connectivity index (χ4n) is 2.51. The smallest absolute Gasteiger partial charge is 0.266 e. The molecule has 0 aliphatic heterocycles. The van der Waals surface area contributed by atoms with Gasteiger partial charge in [-0.1, -0.05) is 35.5 Å². The fraction of sp³-hybridized carbons (Fsp3) is 0.130. The first kappa shape index (κ1) is 20.3. The Kier molecular flexibility index (Phi) is 6.77. The topological polar surface area (TPSA) is 75.3 Å². The highest BCUT2D eigenvalue weighted by atomic mass is 32.2. The molecule has 1 aromatic heterocycles. The summed E-state index contributed by atoms with van der Waals surface area (Å²) in [6.07, 6.45) is 1.43. The highest BCUT2D eigenvalue weighted by Crippen LogP contribution is 2.30. The van der Waals surface area contributed by atoms with Crippen molar-refractivity contribution in [2.75, 3.05) is 11.9 Å². The van der Waals surface area contributed by atoms with Crippen LogP contribution in [0.5, 0.6) is 5.75 Å². The number of ether oxygens (including phenoxy) is 1. The second-order valence-electron chi connectivity index (χ2n) is 6.16. The molecule has 3 aromatic rings. The van der Waals surface area contributed by atoms with Crippen LogP contribution in [0.1, 0.15) is 18.2 Å². The Morgan fingerprint density at radius 2 is 2.00 bits per heavy atom. The molecular weight excluding hydrogens is 384 g/mol. The molecular formula is C23H20N2O3S. The summed E-state index contributed by atoms with van der Waals surface area (Å²) in [6, 6.07) is 20.6. The van der Waals surface area contributed by atoms with Gasteiger partial charge in [0.25, 0.3) is 5.91 Å². The number of hydrogen-bond acceptors (Lipinski definition) is 5. The molecule has 3 rings (SSSR count). The van der Waals surface area contributed by atoms with Crippen LogP contribution in [-0.4, -0.2) is 12.5 Å². The maximum atomic E-state index is 12.5. The Morgan fingerprint density at radius 3 is 2.72 bits per heavy atom. The fourth-order valence-corrected chi connectivity index (χ4v) is 3.29. The molecule has 29 heavy (non-hydrogen) atoms. The zero-order chi connectivity index (χ0) is 20.6.